The van der Waals surface area contributed by atoms with Crippen molar-refractivity contribution in [2.24, 2.45) is 5.41 Å². The zero-order valence-corrected chi connectivity index (χ0v) is 23.6. The zero-order chi connectivity index (χ0) is 30.5. The Balaban J connectivity index is 1.29. The number of piperidine rings is 1. The normalized spacial score (nSPS) is 18.3. The Kier molecular flexibility index (Phi) is 7.07. The summed E-state index contributed by atoms with van der Waals surface area (Å²) in [5.74, 6) is 0.318. The van der Waals surface area contributed by atoms with Crippen molar-refractivity contribution in [3.05, 3.63) is 71.4 Å². The smallest absolute Gasteiger partial charge is 0.382 e. The molecule has 4 aromatic rings. The Hall–Kier alpha value is -4.52. The second-order valence-corrected chi connectivity index (χ2v) is 11.4. The van der Waals surface area contributed by atoms with Crippen molar-refractivity contribution in [2.75, 3.05) is 37.4 Å². The number of ether oxygens (including phenoxy) is 1. The number of halogens is 3. The number of amides is 2. The molecule has 0 saturated carbocycles. The van der Waals surface area contributed by atoms with Gasteiger partial charge in [0.25, 0.3) is 5.91 Å². The molecule has 2 aliphatic heterocycles. The van der Waals surface area contributed by atoms with Crippen LogP contribution in [-0.4, -0.2) is 62.4 Å². The summed E-state index contributed by atoms with van der Waals surface area (Å²) >= 11 is 0. The van der Waals surface area contributed by atoms with E-state index in [2.05, 4.69) is 15.3 Å². The van der Waals surface area contributed by atoms with Gasteiger partial charge in [0.2, 0.25) is 5.91 Å². The summed E-state index contributed by atoms with van der Waals surface area (Å²) in [6.07, 6.45) is 1.53. The number of alkyl halides is 3. The summed E-state index contributed by atoms with van der Waals surface area (Å²) < 4.78 is 46.5. The van der Waals surface area contributed by atoms with E-state index < -0.39 is 23.1 Å². The number of nitrogens with two attached hydrogens (primary N) is 1. The molecular formula is C30H30F3N7O3. The molecule has 0 radical (unpaired) electrons. The molecule has 43 heavy (non-hydrogen) atoms. The van der Waals surface area contributed by atoms with Gasteiger partial charge < -0.3 is 20.7 Å². The molecular weight excluding hydrogens is 563 g/mol. The molecule has 1 aromatic carbocycles. The molecule has 0 aliphatic carbocycles. The number of anilines is 2. The summed E-state index contributed by atoms with van der Waals surface area (Å²) in [6, 6.07) is 6.71. The van der Waals surface area contributed by atoms with Gasteiger partial charge in [-0.25, -0.2) is 15.0 Å². The highest BCUT2D eigenvalue weighted by Gasteiger charge is 2.45. The highest BCUT2D eigenvalue weighted by Crippen LogP contribution is 2.37. The number of rotatable bonds is 5. The molecule has 2 fully saturated rings. The molecule has 2 aliphatic rings. The van der Waals surface area contributed by atoms with E-state index in [9.17, 15) is 22.8 Å². The largest absolute Gasteiger partial charge is 0.416 e. The van der Waals surface area contributed by atoms with Gasteiger partial charge in [0.15, 0.2) is 0 Å². The Labute approximate surface area is 245 Å². The van der Waals surface area contributed by atoms with Crippen LogP contribution in [0, 0.1) is 12.3 Å². The molecule has 3 N–H and O–H groups in total. The fourth-order valence-corrected chi connectivity index (χ4v) is 5.79. The maximum Gasteiger partial charge on any atom is 0.416 e. The number of fused-ring (bicyclic) bond motifs is 1. The molecule has 0 bridgehead atoms. The average Bonchev–Trinajstić information content (AvgIpc) is 3.36. The van der Waals surface area contributed by atoms with Crippen LogP contribution in [0.5, 0.6) is 0 Å². The molecule has 13 heteroatoms. The van der Waals surface area contributed by atoms with Gasteiger partial charge in [0, 0.05) is 48.7 Å². The standard InChI is InChI=1S/C30H30F3N7O3/c1-17-12-18(5-6-21(17)27(41)37-22-13-20(7-8-35-22)30(31,32)33)23-24-25(34)36-9-11-40(24)26(38-23)19-4-3-10-39(14-19)28(42)29(2)15-43-16-29/h5-9,11-13,19H,3-4,10,14-16H2,1-2H3,(H2,34,36)(H,35,37,41)/t19-/m1/s1. The van der Waals surface area contributed by atoms with E-state index in [1.807, 2.05) is 16.2 Å². The molecule has 0 unspecified atom stereocenters. The third-order valence-electron chi connectivity index (χ3n) is 8.12. The van der Waals surface area contributed by atoms with Crippen LogP contribution in [0.1, 0.15) is 53.0 Å². The number of carbonyl (C=O) groups is 2. The molecule has 10 nitrogen and oxygen atoms in total. The lowest BCUT2D eigenvalue weighted by atomic mass is 9.85. The topological polar surface area (TPSA) is 128 Å². The van der Waals surface area contributed by atoms with Gasteiger partial charge in [-0.05, 0) is 56.5 Å². The molecule has 2 saturated heterocycles. The van der Waals surface area contributed by atoms with E-state index in [0.29, 0.717) is 48.6 Å². The lowest BCUT2D eigenvalue weighted by Crippen LogP contribution is -2.55. The summed E-state index contributed by atoms with van der Waals surface area (Å²) in [5.41, 5.74) is 7.69. The van der Waals surface area contributed by atoms with Crippen molar-refractivity contribution >= 4 is 29.0 Å². The van der Waals surface area contributed by atoms with Gasteiger partial charge >= 0.3 is 6.18 Å². The van der Waals surface area contributed by atoms with E-state index in [-0.39, 0.29) is 29.0 Å². The molecule has 224 valence electrons. The highest BCUT2D eigenvalue weighted by molar-refractivity contribution is 6.05. The number of nitrogen functional groups attached to an aromatic ring is 1. The Morgan fingerprint density at radius 1 is 1.14 bits per heavy atom. The average molecular weight is 594 g/mol. The summed E-state index contributed by atoms with van der Waals surface area (Å²) in [4.78, 5) is 41.2. The molecule has 0 spiro atoms. The first-order chi connectivity index (χ1) is 20.4. The van der Waals surface area contributed by atoms with Crippen molar-refractivity contribution in [3.63, 3.8) is 0 Å². The van der Waals surface area contributed by atoms with Crippen LogP contribution in [0.25, 0.3) is 16.8 Å². The highest BCUT2D eigenvalue weighted by atomic mass is 19.4. The van der Waals surface area contributed by atoms with E-state index in [1.54, 1.807) is 37.5 Å². The van der Waals surface area contributed by atoms with E-state index in [4.69, 9.17) is 15.5 Å². The Morgan fingerprint density at radius 2 is 1.93 bits per heavy atom. The first kappa shape index (κ1) is 28.6. The number of nitrogens with one attached hydrogen (secondary N) is 1. The zero-order valence-electron chi connectivity index (χ0n) is 23.6. The number of pyridine rings is 1. The van der Waals surface area contributed by atoms with Crippen molar-refractivity contribution in [1.29, 1.82) is 0 Å². The van der Waals surface area contributed by atoms with Crippen molar-refractivity contribution in [1.82, 2.24) is 24.3 Å². The summed E-state index contributed by atoms with van der Waals surface area (Å²) in [5, 5.41) is 2.45. The maximum absolute atomic E-state index is 13.2. The first-order valence-corrected chi connectivity index (χ1v) is 13.9. The molecule has 3 aromatic heterocycles. The van der Waals surface area contributed by atoms with Crippen LogP contribution in [0.3, 0.4) is 0 Å². The minimum Gasteiger partial charge on any atom is -0.382 e. The van der Waals surface area contributed by atoms with Crippen molar-refractivity contribution < 1.29 is 27.5 Å². The SMILES string of the molecule is Cc1cc(-c2nc([C@@H]3CCCN(C(=O)C4(C)COC4)C3)n3ccnc(N)c23)ccc1C(=O)Nc1cc(C(F)(F)F)ccn1. The lowest BCUT2D eigenvalue weighted by Gasteiger charge is -2.42. The third kappa shape index (κ3) is 5.29. The second kappa shape index (κ2) is 10.6. The number of imidazole rings is 1. The van der Waals surface area contributed by atoms with Gasteiger partial charge in [0.05, 0.1) is 24.2 Å². The van der Waals surface area contributed by atoms with Crippen LogP contribution in [0.4, 0.5) is 24.8 Å². The summed E-state index contributed by atoms with van der Waals surface area (Å²) in [7, 11) is 0. The van der Waals surface area contributed by atoms with Crippen LogP contribution in [0.15, 0.2) is 48.9 Å². The van der Waals surface area contributed by atoms with Gasteiger partial charge in [-0.3, -0.25) is 14.0 Å². The predicted molar refractivity (Wildman–Crippen MR) is 152 cm³/mol. The molecule has 2 amide bonds. The second-order valence-electron chi connectivity index (χ2n) is 11.4. The molecule has 5 heterocycles. The number of benzene rings is 1. The number of aromatic nitrogens is 4. The monoisotopic (exact) mass is 593 g/mol. The Morgan fingerprint density at radius 3 is 2.63 bits per heavy atom. The third-order valence-corrected chi connectivity index (χ3v) is 8.12. The maximum atomic E-state index is 13.2. The quantitative estimate of drug-likeness (QED) is 0.344. The summed E-state index contributed by atoms with van der Waals surface area (Å²) in [6.45, 7) is 5.72. The fraction of sp³-hybridized carbons (Fsp3) is 0.367. The minimum atomic E-state index is -4.56. The van der Waals surface area contributed by atoms with Gasteiger partial charge in [-0.2, -0.15) is 13.2 Å². The van der Waals surface area contributed by atoms with Crippen LogP contribution in [0.2, 0.25) is 0 Å². The minimum absolute atomic E-state index is 0.0311. The molecule has 1 atom stereocenters. The Bertz CT molecular complexity index is 1730. The number of hydrogen-bond acceptors (Lipinski definition) is 7. The van der Waals surface area contributed by atoms with E-state index in [0.717, 1.165) is 37.0 Å². The van der Waals surface area contributed by atoms with Crippen LogP contribution < -0.4 is 11.1 Å². The van der Waals surface area contributed by atoms with Crippen molar-refractivity contribution in [2.45, 2.75) is 38.8 Å². The van der Waals surface area contributed by atoms with Gasteiger partial charge in [-0.15, -0.1) is 0 Å². The number of nitrogens with zero attached hydrogens (tertiary/aromatic N) is 5. The van der Waals surface area contributed by atoms with Crippen LogP contribution in [-0.2, 0) is 15.7 Å². The van der Waals surface area contributed by atoms with Gasteiger partial charge in [-0.1, -0.05) is 6.07 Å². The number of carbonyl (C=O) groups excluding carboxylic acids is 2. The molecule has 6 rings (SSSR count). The van der Waals surface area contributed by atoms with E-state index in [1.165, 1.54) is 0 Å². The number of hydrogen-bond donors (Lipinski definition) is 2. The number of likely N-dealkylation sites (tertiary alicyclic amines) is 1. The lowest BCUT2D eigenvalue weighted by molar-refractivity contribution is -0.170. The van der Waals surface area contributed by atoms with E-state index >= 15 is 0 Å². The van der Waals surface area contributed by atoms with Crippen LogP contribution >= 0.6 is 0 Å². The van der Waals surface area contributed by atoms with Crippen molar-refractivity contribution in [3.8, 4) is 11.3 Å². The first-order valence-electron chi connectivity index (χ1n) is 13.9. The van der Waals surface area contributed by atoms with Gasteiger partial charge in [0.1, 0.15) is 28.7 Å². The number of aryl methyl sites for hydroxylation is 1. The fourth-order valence-electron chi connectivity index (χ4n) is 5.79. The predicted octanol–water partition coefficient (Wildman–Crippen LogP) is 4.70.